The molecule has 0 radical (unpaired) electrons. The minimum absolute atomic E-state index is 0.0528. The molecule has 0 N–H and O–H groups in total. The molecule has 2 rings (SSSR count). The Morgan fingerprint density at radius 2 is 2.29 bits per heavy atom. The second-order valence-electron chi connectivity index (χ2n) is 3.49. The van der Waals surface area contributed by atoms with Gasteiger partial charge in [-0.3, -0.25) is 9.78 Å². The fraction of sp³-hybridized carbons (Fsp3) is 0.400. The van der Waals surface area contributed by atoms with E-state index in [9.17, 15) is 4.79 Å². The Labute approximate surface area is 82.5 Å². The maximum absolute atomic E-state index is 11.9. The summed E-state index contributed by atoms with van der Waals surface area (Å²) in [6, 6.07) is 1.82. The lowest BCUT2D eigenvalue weighted by atomic mass is 9.99. The summed E-state index contributed by atoms with van der Waals surface area (Å²) in [5, 5.41) is 0. The van der Waals surface area contributed by atoms with E-state index >= 15 is 0 Å². The van der Waals surface area contributed by atoms with Crippen LogP contribution in [0.5, 0.6) is 0 Å². The zero-order valence-corrected chi connectivity index (χ0v) is 8.44. The van der Waals surface area contributed by atoms with Gasteiger partial charge in [-0.2, -0.15) is 0 Å². The molecule has 0 bridgehead atoms. The number of anilines is 1. The summed E-state index contributed by atoms with van der Waals surface area (Å²) in [7, 11) is 3.27. The van der Waals surface area contributed by atoms with Crippen molar-refractivity contribution < 1.29 is 9.53 Å². The van der Waals surface area contributed by atoms with Crippen LogP contribution in [0.3, 0.4) is 0 Å². The number of amides is 1. The summed E-state index contributed by atoms with van der Waals surface area (Å²) in [4.78, 5) is 17.5. The number of hydrogen-bond donors (Lipinski definition) is 0. The van der Waals surface area contributed by atoms with Crippen molar-refractivity contribution in [1.29, 1.82) is 0 Å². The van der Waals surface area contributed by atoms with Gasteiger partial charge in [-0.15, -0.1) is 0 Å². The monoisotopic (exact) mass is 192 g/mol. The molecule has 1 unspecified atom stereocenters. The van der Waals surface area contributed by atoms with Crippen LogP contribution in [-0.2, 0) is 15.1 Å². The molecular weight excluding hydrogens is 180 g/mol. The van der Waals surface area contributed by atoms with Gasteiger partial charge in [0.1, 0.15) is 0 Å². The Hall–Kier alpha value is -1.42. The van der Waals surface area contributed by atoms with Crippen LogP contribution in [0.25, 0.3) is 0 Å². The van der Waals surface area contributed by atoms with Gasteiger partial charge in [0.25, 0.3) is 5.91 Å². The van der Waals surface area contributed by atoms with Gasteiger partial charge in [0.15, 0.2) is 5.60 Å². The van der Waals surface area contributed by atoms with E-state index in [0.29, 0.717) is 0 Å². The summed E-state index contributed by atoms with van der Waals surface area (Å²) >= 11 is 0. The van der Waals surface area contributed by atoms with E-state index in [1.807, 2.05) is 6.07 Å². The van der Waals surface area contributed by atoms with Crippen molar-refractivity contribution >= 4 is 11.6 Å². The van der Waals surface area contributed by atoms with Crippen LogP contribution in [0.1, 0.15) is 12.5 Å². The Morgan fingerprint density at radius 3 is 2.93 bits per heavy atom. The van der Waals surface area contributed by atoms with Crippen LogP contribution in [-0.4, -0.2) is 25.0 Å². The van der Waals surface area contributed by atoms with Crippen LogP contribution in [0.15, 0.2) is 18.5 Å². The molecule has 1 aliphatic heterocycles. The minimum Gasteiger partial charge on any atom is -0.364 e. The van der Waals surface area contributed by atoms with Crippen molar-refractivity contribution in [3.63, 3.8) is 0 Å². The third-order valence-electron chi connectivity index (χ3n) is 2.80. The average molecular weight is 192 g/mol. The molecule has 2 heterocycles. The van der Waals surface area contributed by atoms with Crippen molar-refractivity contribution in [1.82, 2.24) is 4.98 Å². The van der Waals surface area contributed by atoms with Crippen LogP contribution < -0.4 is 4.90 Å². The average Bonchev–Trinajstić information content (AvgIpc) is 2.43. The lowest BCUT2D eigenvalue weighted by Gasteiger charge is -2.20. The second-order valence-corrected chi connectivity index (χ2v) is 3.49. The highest BCUT2D eigenvalue weighted by Gasteiger charge is 2.46. The van der Waals surface area contributed by atoms with Gasteiger partial charge < -0.3 is 9.64 Å². The molecule has 0 spiro atoms. The van der Waals surface area contributed by atoms with E-state index in [1.54, 1.807) is 38.4 Å². The van der Waals surface area contributed by atoms with Gasteiger partial charge in [-0.1, -0.05) is 0 Å². The molecular formula is C10H12N2O2. The van der Waals surface area contributed by atoms with Crippen LogP contribution >= 0.6 is 0 Å². The number of carbonyl (C=O) groups excluding carboxylic acids is 1. The molecule has 0 aliphatic carbocycles. The number of aromatic nitrogens is 1. The molecule has 1 atom stereocenters. The summed E-state index contributed by atoms with van der Waals surface area (Å²) in [5.41, 5.74) is 0.844. The number of carbonyl (C=O) groups is 1. The van der Waals surface area contributed by atoms with Gasteiger partial charge in [-0.05, 0) is 13.0 Å². The Kier molecular flexibility index (Phi) is 1.82. The maximum atomic E-state index is 11.9. The number of ether oxygens (including phenoxy) is 1. The van der Waals surface area contributed by atoms with Crippen LogP contribution in [0.2, 0.25) is 0 Å². The molecule has 4 heteroatoms. The highest BCUT2D eigenvalue weighted by atomic mass is 16.5. The highest BCUT2D eigenvalue weighted by Crippen LogP contribution is 2.40. The van der Waals surface area contributed by atoms with E-state index in [1.165, 1.54) is 0 Å². The number of fused-ring (bicyclic) bond motifs is 1. The van der Waals surface area contributed by atoms with E-state index in [0.717, 1.165) is 11.3 Å². The molecule has 1 aromatic heterocycles. The van der Waals surface area contributed by atoms with E-state index < -0.39 is 5.60 Å². The smallest absolute Gasteiger partial charge is 0.263 e. The first-order valence-corrected chi connectivity index (χ1v) is 4.39. The SMILES string of the molecule is COC1(C)C(=O)N(C)c2cnccc21. The predicted octanol–water partition coefficient (Wildman–Crippen LogP) is 0.920. The van der Waals surface area contributed by atoms with Crippen molar-refractivity contribution in [2.75, 3.05) is 19.1 Å². The normalized spacial score (nSPS) is 25.4. The quantitative estimate of drug-likeness (QED) is 0.664. The molecule has 0 aromatic carbocycles. The number of likely N-dealkylation sites (N-methyl/N-ethyl adjacent to an activating group) is 1. The first-order valence-electron chi connectivity index (χ1n) is 4.39. The van der Waals surface area contributed by atoms with Gasteiger partial charge in [0, 0.05) is 25.9 Å². The molecule has 1 aromatic rings. The molecule has 74 valence electrons. The number of nitrogens with zero attached hydrogens (tertiary/aromatic N) is 2. The zero-order valence-electron chi connectivity index (χ0n) is 8.44. The number of hydrogen-bond acceptors (Lipinski definition) is 3. The van der Waals surface area contributed by atoms with E-state index in [2.05, 4.69) is 4.98 Å². The van der Waals surface area contributed by atoms with E-state index in [4.69, 9.17) is 4.74 Å². The first kappa shape index (κ1) is 9.15. The zero-order chi connectivity index (χ0) is 10.3. The molecule has 0 saturated carbocycles. The lowest BCUT2D eigenvalue weighted by Crippen LogP contribution is -2.37. The standard InChI is InChI=1S/C10H12N2O2/c1-10(14-3)7-4-5-11-6-8(7)12(2)9(10)13/h4-6H,1-3H3. The van der Waals surface area contributed by atoms with Crippen molar-refractivity contribution in [2.24, 2.45) is 0 Å². The third-order valence-corrected chi connectivity index (χ3v) is 2.80. The highest BCUT2D eigenvalue weighted by molar-refractivity contribution is 6.06. The molecule has 1 aliphatic rings. The molecule has 0 fully saturated rings. The third kappa shape index (κ3) is 0.915. The second kappa shape index (κ2) is 2.78. The maximum Gasteiger partial charge on any atom is 0.263 e. The number of methoxy groups -OCH3 is 1. The van der Waals surface area contributed by atoms with Crippen LogP contribution in [0.4, 0.5) is 5.69 Å². The van der Waals surface area contributed by atoms with Gasteiger partial charge in [0.2, 0.25) is 0 Å². The molecule has 1 amide bonds. The Bertz CT molecular complexity index is 391. The predicted molar refractivity (Wildman–Crippen MR) is 52.0 cm³/mol. The topological polar surface area (TPSA) is 42.4 Å². The van der Waals surface area contributed by atoms with Crippen molar-refractivity contribution in [3.8, 4) is 0 Å². The van der Waals surface area contributed by atoms with Crippen molar-refractivity contribution in [2.45, 2.75) is 12.5 Å². The molecule has 4 nitrogen and oxygen atoms in total. The summed E-state index contributed by atoms with van der Waals surface area (Å²) in [6.45, 7) is 1.78. The number of pyridine rings is 1. The summed E-state index contributed by atoms with van der Waals surface area (Å²) in [5.74, 6) is -0.0528. The number of rotatable bonds is 1. The molecule has 0 saturated heterocycles. The van der Waals surface area contributed by atoms with Crippen molar-refractivity contribution in [3.05, 3.63) is 24.0 Å². The van der Waals surface area contributed by atoms with Crippen LogP contribution in [0, 0.1) is 0 Å². The first-order chi connectivity index (χ1) is 6.61. The molecule has 14 heavy (non-hydrogen) atoms. The largest absolute Gasteiger partial charge is 0.364 e. The van der Waals surface area contributed by atoms with Gasteiger partial charge in [0.05, 0.1) is 11.9 Å². The summed E-state index contributed by atoms with van der Waals surface area (Å²) in [6.07, 6.45) is 3.35. The lowest BCUT2D eigenvalue weighted by molar-refractivity contribution is -0.137. The fourth-order valence-corrected chi connectivity index (χ4v) is 1.80. The summed E-state index contributed by atoms with van der Waals surface area (Å²) < 4.78 is 5.29. The Morgan fingerprint density at radius 1 is 1.57 bits per heavy atom. The Balaban J connectivity index is 2.65. The minimum atomic E-state index is -0.854. The van der Waals surface area contributed by atoms with E-state index in [-0.39, 0.29) is 5.91 Å². The fourth-order valence-electron chi connectivity index (χ4n) is 1.80. The van der Waals surface area contributed by atoms with Gasteiger partial charge >= 0.3 is 0 Å². The van der Waals surface area contributed by atoms with Gasteiger partial charge in [-0.25, -0.2) is 0 Å².